The van der Waals surface area contributed by atoms with Gasteiger partial charge in [0.15, 0.2) is 0 Å². The van der Waals surface area contributed by atoms with E-state index in [2.05, 4.69) is 10.2 Å². The molecule has 2 N–H and O–H groups in total. The Hall–Kier alpha value is -1.82. The van der Waals surface area contributed by atoms with Crippen LogP contribution >= 0.6 is 11.8 Å². The number of aromatic amines is 1. The Morgan fingerprint density at radius 3 is 2.72 bits per heavy atom. The fourth-order valence-corrected chi connectivity index (χ4v) is 2.25. The molecule has 0 aliphatic rings. The molecule has 0 atom stereocenters. The summed E-state index contributed by atoms with van der Waals surface area (Å²) in [6, 6.07) is 4.42. The van der Waals surface area contributed by atoms with Crippen molar-refractivity contribution in [3.63, 3.8) is 0 Å². The average Bonchev–Trinajstić information content (AvgIpc) is 2.78. The van der Waals surface area contributed by atoms with E-state index < -0.39 is 11.8 Å². The van der Waals surface area contributed by atoms with Crippen LogP contribution in [-0.4, -0.2) is 27.5 Å². The lowest BCUT2D eigenvalue weighted by molar-refractivity contribution is 0.0690. The molecule has 1 heterocycles. The van der Waals surface area contributed by atoms with Crippen LogP contribution in [0.3, 0.4) is 0 Å². The lowest BCUT2D eigenvalue weighted by atomic mass is 10.1. The molecule has 0 saturated heterocycles. The van der Waals surface area contributed by atoms with E-state index >= 15 is 0 Å². The van der Waals surface area contributed by atoms with Crippen LogP contribution in [0.5, 0.6) is 0 Å². The van der Waals surface area contributed by atoms with Gasteiger partial charge in [0, 0.05) is 10.5 Å². The Labute approximate surface area is 107 Å². The van der Waals surface area contributed by atoms with E-state index in [1.54, 1.807) is 6.07 Å². The van der Waals surface area contributed by atoms with Crippen molar-refractivity contribution in [2.75, 3.05) is 6.26 Å². The van der Waals surface area contributed by atoms with Crippen molar-refractivity contribution in [2.24, 2.45) is 0 Å². The zero-order valence-corrected chi connectivity index (χ0v) is 10.6. The van der Waals surface area contributed by atoms with Crippen LogP contribution in [0.25, 0.3) is 11.3 Å². The van der Waals surface area contributed by atoms with Crippen LogP contribution in [0.4, 0.5) is 4.39 Å². The second-order valence-corrected chi connectivity index (χ2v) is 4.62. The average molecular weight is 266 g/mol. The van der Waals surface area contributed by atoms with Crippen LogP contribution in [0.15, 0.2) is 23.1 Å². The van der Waals surface area contributed by atoms with Gasteiger partial charge in [0.25, 0.3) is 0 Å². The third-order valence-electron chi connectivity index (χ3n) is 2.57. The highest BCUT2D eigenvalue weighted by molar-refractivity contribution is 7.98. The number of thioether (sulfide) groups is 1. The SMILES string of the molecule is CSc1cc(-c2cc(C(=O)O)[nH]n2)c(F)cc1C. The quantitative estimate of drug-likeness (QED) is 0.838. The number of halogens is 1. The minimum atomic E-state index is -1.12. The van der Waals surface area contributed by atoms with Gasteiger partial charge < -0.3 is 5.11 Å². The van der Waals surface area contributed by atoms with Crippen LogP contribution in [0, 0.1) is 12.7 Å². The topological polar surface area (TPSA) is 66.0 Å². The Morgan fingerprint density at radius 2 is 2.17 bits per heavy atom. The first-order chi connectivity index (χ1) is 8.52. The number of rotatable bonds is 3. The Morgan fingerprint density at radius 1 is 1.44 bits per heavy atom. The van der Waals surface area contributed by atoms with E-state index in [1.807, 2.05) is 13.2 Å². The highest BCUT2D eigenvalue weighted by Crippen LogP contribution is 2.29. The van der Waals surface area contributed by atoms with E-state index in [-0.39, 0.29) is 5.69 Å². The molecule has 0 unspecified atom stereocenters. The summed E-state index contributed by atoms with van der Waals surface area (Å²) in [4.78, 5) is 11.7. The summed E-state index contributed by atoms with van der Waals surface area (Å²) >= 11 is 1.51. The fourth-order valence-electron chi connectivity index (χ4n) is 1.64. The fraction of sp³-hybridized carbons (Fsp3) is 0.167. The van der Waals surface area contributed by atoms with Crippen molar-refractivity contribution in [3.05, 3.63) is 35.3 Å². The predicted octanol–water partition coefficient (Wildman–Crippen LogP) is 2.94. The summed E-state index contributed by atoms with van der Waals surface area (Å²) in [7, 11) is 0. The lowest BCUT2D eigenvalue weighted by Crippen LogP contribution is -1.95. The van der Waals surface area contributed by atoms with Crippen molar-refractivity contribution in [3.8, 4) is 11.3 Å². The second-order valence-electron chi connectivity index (χ2n) is 3.77. The van der Waals surface area contributed by atoms with Crippen LogP contribution in [-0.2, 0) is 0 Å². The molecule has 0 bridgehead atoms. The molecule has 2 aromatic rings. The second kappa shape index (κ2) is 4.81. The number of nitrogens with zero attached hydrogens (tertiary/aromatic N) is 1. The van der Waals surface area contributed by atoms with Crippen molar-refractivity contribution in [2.45, 2.75) is 11.8 Å². The number of aromatic nitrogens is 2. The number of hydrogen-bond donors (Lipinski definition) is 2. The minimum Gasteiger partial charge on any atom is -0.477 e. The van der Waals surface area contributed by atoms with Crippen molar-refractivity contribution >= 4 is 17.7 Å². The first kappa shape index (κ1) is 12.6. The van der Waals surface area contributed by atoms with Crippen LogP contribution in [0.1, 0.15) is 16.1 Å². The van der Waals surface area contributed by atoms with Gasteiger partial charge in [-0.05, 0) is 36.9 Å². The molecule has 0 amide bonds. The standard InChI is InChI=1S/C12H11FN2O2S/c1-6-3-8(13)7(4-11(6)18-2)9-5-10(12(16)17)15-14-9/h3-5H,1-2H3,(H,14,15)(H,16,17). The number of H-pyrrole nitrogens is 1. The van der Waals surface area contributed by atoms with E-state index in [0.29, 0.717) is 11.3 Å². The van der Waals surface area contributed by atoms with E-state index in [4.69, 9.17) is 5.11 Å². The molecule has 6 heteroatoms. The number of benzene rings is 1. The largest absolute Gasteiger partial charge is 0.477 e. The number of aryl methyl sites for hydroxylation is 1. The van der Waals surface area contributed by atoms with Crippen molar-refractivity contribution in [1.82, 2.24) is 10.2 Å². The summed E-state index contributed by atoms with van der Waals surface area (Å²) in [5, 5.41) is 15.0. The number of carboxylic acid groups (broad SMARTS) is 1. The van der Waals surface area contributed by atoms with Gasteiger partial charge in [-0.25, -0.2) is 9.18 Å². The van der Waals surface area contributed by atoms with Gasteiger partial charge in [0.05, 0.1) is 5.69 Å². The maximum Gasteiger partial charge on any atom is 0.353 e. The molecule has 94 valence electrons. The molecule has 1 aromatic heterocycles. The molecule has 0 saturated carbocycles. The molecule has 4 nitrogen and oxygen atoms in total. The maximum absolute atomic E-state index is 13.9. The van der Waals surface area contributed by atoms with Gasteiger partial charge in [-0.15, -0.1) is 11.8 Å². The van der Waals surface area contributed by atoms with E-state index in [9.17, 15) is 9.18 Å². The van der Waals surface area contributed by atoms with Gasteiger partial charge in [-0.1, -0.05) is 0 Å². The number of carbonyl (C=O) groups is 1. The molecule has 18 heavy (non-hydrogen) atoms. The Bertz CT molecular complexity index is 610. The predicted molar refractivity (Wildman–Crippen MR) is 67.5 cm³/mol. The zero-order chi connectivity index (χ0) is 13.3. The third-order valence-corrected chi connectivity index (χ3v) is 3.45. The molecular formula is C12H11FN2O2S. The number of carboxylic acids is 1. The molecule has 0 fully saturated rings. The Kier molecular flexibility index (Phi) is 3.38. The summed E-state index contributed by atoms with van der Waals surface area (Å²) < 4.78 is 13.9. The van der Waals surface area contributed by atoms with Gasteiger partial charge in [-0.3, -0.25) is 5.10 Å². The highest BCUT2D eigenvalue weighted by Gasteiger charge is 2.14. The van der Waals surface area contributed by atoms with Gasteiger partial charge >= 0.3 is 5.97 Å². The number of hydrogen-bond acceptors (Lipinski definition) is 3. The number of nitrogens with one attached hydrogen (secondary N) is 1. The summed E-state index contributed by atoms with van der Waals surface area (Å²) in [6.07, 6.45) is 1.90. The van der Waals surface area contributed by atoms with E-state index in [1.165, 1.54) is 23.9 Å². The number of aromatic carboxylic acids is 1. The first-order valence-corrected chi connectivity index (χ1v) is 6.38. The molecule has 2 rings (SSSR count). The minimum absolute atomic E-state index is 0.0596. The normalized spacial score (nSPS) is 10.6. The Balaban J connectivity index is 2.52. The molecule has 1 aromatic carbocycles. The lowest BCUT2D eigenvalue weighted by Gasteiger charge is -2.06. The van der Waals surface area contributed by atoms with Crippen molar-refractivity contribution in [1.29, 1.82) is 0 Å². The summed E-state index contributed by atoms with van der Waals surface area (Å²) in [5.41, 5.74) is 1.38. The smallest absolute Gasteiger partial charge is 0.353 e. The first-order valence-electron chi connectivity index (χ1n) is 5.16. The third kappa shape index (κ3) is 2.24. The maximum atomic E-state index is 13.9. The summed E-state index contributed by atoms with van der Waals surface area (Å²) in [5.74, 6) is -1.53. The van der Waals surface area contributed by atoms with Crippen molar-refractivity contribution < 1.29 is 14.3 Å². The van der Waals surface area contributed by atoms with Gasteiger partial charge in [0.2, 0.25) is 0 Å². The van der Waals surface area contributed by atoms with Crippen LogP contribution < -0.4 is 0 Å². The van der Waals surface area contributed by atoms with Gasteiger partial charge in [-0.2, -0.15) is 5.10 Å². The van der Waals surface area contributed by atoms with E-state index in [0.717, 1.165) is 10.5 Å². The van der Waals surface area contributed by atoms with Crippen LogP contribution in [0.2, 0.25) is 0 Å². The highest BCUT2D eigenvalue weighted by atomic mass is 32.2. The molecule has 0 radical (unpaired) electrons. The molecular weight excluding hydrogens is 255 g/mol. The molecule has 0 aliphatic heterocycles. The molecule has 0 spiro atoms. The van der Waals surface area contributed by atoms with Gasteiger partial charge in [0.1, 0.15) is 11.5 Å². The molecule has 0 aliphatic carbocycles. The monoisotopic (exact) mass is 266 g/mol. The zero-order valence-electron chi connectivity index (χ0n) is 9.82. The summed E-state index contributed by atoms with van der Waals surface area (Å²) in [6.45, 7) is 1.83.